The Labute approximate surface area is 131 Å². The van der Waals surface area contributed by atoms with Gasteiger partial charge in [0.1, 0.15) is 0 Å². The number of rotatable bonds is 2. The maximum absolute atomic E-state index is 12.8. The number of carboxylic acid groups (broad SMARTS) is 1. The van der Waals surface area contributed by atoms with Gasteiger partial charge in [-0.1, -0.05) is 42.5 Å². The molecule has 5 heteroatoms. The first kappa shape index (κ1) is 13.5. The number of benzene rings is 2. The number of carbonyl (C=O) groups excluding carboxylic acids is 1. The third-order valence-electron chi connectivity index (χ3n) is 4.12. The Balaban J connectivity index is 1.92. The van der Waals surface area contributed by atoms with Crippen LogP contribution in [0.2, 0.25) is 0 Å². The standard InChI is InChI=1S/C18H12N2O3/c21-17-11-5-2-1-4-10(11)8-9-13(17)16-15-12(18(22)23)6-3-7-14(15)19-20-16/h1-9,13H,(H,19,20)(H,22,23). The van der Waals surface area contributed by atoms with Crippen LogP contribution in [0.5, 0.6) is 0 Å². The van der Waals surface area contributed by atoms with E-state index in [1.54, 1.807) is 24.3 Å². The van der Waals surface area contributed by atoms with Gasteiger partial charge in [-0.15, -0.1) is 0 Å². The highest BCUT2D eigenvalue weighted by Crippen LogP contribution is 2.33. The fourth-order valence-electron chi connectivity index (χ4n) is 3.04. The van der Waals surface area contributed by atoms with Crippen molar-refractivity contribution in [2.75, 3.05) is 0 Å². The zero-order chi connectivity index (χ0) is 16.0. The summed E-state index contributed by atoms with van der Waals surface area (Å²) >= 11 is 0. The Morgan fingerprint density at radius 2 is 1.96 bits per heavy atom. The van der Waals surface area contributed by atoms with E-state index in [0.29, 0.717) is 22.2 Å². The lowest BCUT2D eigenvalue weighted by Gasteiger charge is -2.17. The first-order valence-corrected chi connectivity index (χ1v) is 7.18. The molecule has 1 unspecified atom stereocenters. The predicted molar refractivity (Wildman–Crippen MR) is 85.6 cm³/mol. The van der Waals surface area contributed by atoms with Gasteiger partial charge in [-0.25, -0.2) is 4.79 Å². The number of ketones is 1. The van der Waals surface area contributed by atoms with Gasteiger partial charge in [-0.3, -0.25) is 9.89 Å². The molecule has 0 fully saturated rings. The van der Waals surface area contributed by atoms with E-state index in [-0.39, 0.29) is 11.3 Å². The predicted octanol–water partition coefficient (Wildman–Crippen LogP) is 3.25. The molecule has 1 heterocycles. The van der Waals surface area contributed by atoms with Crippen LogP contribution < -0.4 is 0 Å². The van der Waals surface area contributed by atoms with E-state index < -0.39 is 11.9 Å². The van der Waals surface area contributed by atoms with Crippen LogP contribution in [0.25, 0.3) is 17.0 Å². The normalized spacial score (nSPS) is 16.5. The monoisotopic (exact) mass is 304 g/mol. The number of Topliss-reactive ketones (excluding diaryl/α,β-unsaturated/α-hetero) is 1. The lowest BCUT2D eigenvalue weighted by molar-refractivity contribution is 0.0698. The van der Waals surface area contributed by atoms with Crippen molar-refractivity contribution in [2.45, 2.75) is 5.92 Å². The van der Waals surface area contributed by atoms with Gasteiger partial charge in [0.25, 0.3) is 0 Å². The molecular formula is C18H12N2O3. The van der Waals surface area contributed by atoms with Crippen LogP contribution in [0.1, 0.15) is 37.9 Å². The van der Waals surface area contributed by atoms with E-state index in [2.05, 4.69) is 10.2 Å². The smallest absolute Gasteiger partial charge is 0.336 e. The van der Waals surface area contributed by atoms with Gasteiger partial charge >= 0.3 is 5.97 Å². The lowest BCUT2D eigenvalue weighted by Crippen LogP contribution is -2.16. The van der Waals surface area contributed by atoms with E-state index in [1.165, 1.54) is 6.07 Å². The number of nitrogens with zero attached hydrogens (tertiary/aromatic N) is 1. The Bertz CT molecular complexity index is 985. The molecule has 4 rings (SSSR count). The molecule has 0 bridgehead atoms. The summed E-state index contributed by atoms with van der Waals surface area (Å²) in [6.07, 6.45) is 3.66. The molecule has 0 aliphatic heterocycles. The quantitative estimate of drug-likeness (QED) is 0.761. The average Bonchev–Trinajstić information content (AvgIpc) is 2.99. The Morgan fingerprint density at radius 3 is 2.78 bits per heavy atom. The number of nitrogens with one attached hydrogen (secondary N) is 1. The van der Waals surface area contributed by atoms with Crippen LogP contribution in [0, 0.1) is 0 Å². The number of carbonyl (C=O) groups is 2. The number of aromatic amines is 1. The number of aromatic nitrogens is 2. The molecule has 1 aromatic heterocycles. The van der Waals surface area contributed by atoms with Crippen molar-refractivity contribution >= 4 is 28.7 Å². The van der Waals surface area contributed by atoms with Crippen molar-refractivity contribution in [3.63, 3.8) is 0 Å². The molecule has 0 saturated heterocycles. The number of H-pyrrole nitrogens is 1. The number of hydrogen-bond acceptors (Lipinski definition) is 3. The molecule has 0 radical (unpaired) electrons. The minimum Gasteiger partial charge on any atom is -0.478 e. The average molecular weight is 304 g/mol. The summed E-state index contributed by atoms with van der Waals surface area (Å²) in [7, 11) is 0. The second-order valence-electron chi connectivity index (χ2n) is 5.43. The van der Waals surface area contributed by atoms with Crippen LogP contribution in [0.3, 0.4) is 0 Å². The van der Waals surface area contributed by atoms with Crippen LogP contribution in [-0.4, -0.2) is 27.1 Å². The topological polar surface area (TPSA) is 83.0 Å². The number of fused-ring (bicyclic) bond motifs is 2. The molecule has 5 nitrogen and oxygen atoms in total. The Hall–Kier alpha value is -3.21. The van der Waals surface area contributed by atoms with Crippen molar-refractivity contribution in [2.24, 2.45) is 0 Å². The van der Waals surface area contributed by atoms with Gasteiger partial charge in [0.2, 0.25) is 0 Å². The molecule has 1 aliphatic carbocycles. The third kappa shape index (κ3) is 1.97. The molecule has 0 amide bonds. The van der Waals surface area contributed by atoms with E-state index in [1.807, 2.05) is 24.3 Å². The van der Waals surface area contributed by atoms with Gasteiger partial charge in [0.15, 0.2) is 5.78 Å². The summed E-state index contributed by atoms with van der Waals surface area (Å²) in [5.41, 5.74) is 2.70. The van der Waals surface area contributed by atoms with Crippen molar-refractivity contribution in [3.8, 4) is 0 Å². The van der Waals surface area contributed by atoms with Crippen molar-refractivity contribution in [1.29, 1.82) is 0 Å². The van der Waals surface area contributed by atoms with E-state index >= 15 is 0 Å². The SMILES string of the molecule is O=C(O)c1cccc2[nH]nc(C3C=Cc4ccccc4C3=O)c12. The highest BCUT2D eigenvalue weighted by Gasteiger charge is 2.29. The fourth-order valence-corrected chi connectivity index (χ4v) is 3.04. The molecule has 1 atom stereocenters. The third-order valence-corrected chi connectivity index (χ3v) is 4.12. The molecule has 0 saturated carbocycles. The van der Waals surface area contributed by atoms with Gasteiger partial charge < -0.3 is 5.11 Å². The van der Waals surface area contributed by atoms with Crippen molar-refractivity contribution in [3.05, 3.63) is 70.9 Å². The highest BCUT2D eigenvalue weighted by molar-refractivity contribution is 6.11. The maximum atomic E-state index is 12.8. The number of carboxylic acids is 1. The van der Waals surface area contributed by atoms with Crippen LogP contribution >= 0.6 is 0 Å². The molecule has 0 spiro atoms. The zero-order valence-electron chi connectivity index (χ0n) is 12.0. The molecule has 23 heavy (non-hydrogen) atoms. The van der Waals surface area contributed by atoms with Crippen LogP contribution in [0.15, 0.2) is 48.5 Å². The van der Waals surface area contributed by atoms with Crippen molar-refractivity contribution < 1.29 is 14.7 Å². The van der Waals surface area contributed by atoms with Gasteiger partial charge in [-0.05, 0) is 17.7 Å². The van der Waals surface area contributed by atoms with Crippen LogP contribution in [0.4, 0.5) is 0 Å². The second kappa shape index (κ2) is 4.91. The van der Waals surface area contributed by atoms with Crippen molar-refractivity contribution in [1.82, 2.24) is 10.2 Å². The maximum Gasteiger partial charge on any atom is 0.336 e. The van der Waals surface area contributed by atoms with E-state index in [9.17, 15) is 14.7 Å². The summed E-state index contributed by atoms with van der Waals surface area (Å²) in [4.78, 5) is 24.3. The molecule has 1 aliphatic rings. The molecular weight excluding hydrogens is 292 g/mol. The van der Waals surface area contributed by atoms with Crippen LogP contribution in [-0.2, 0) is 0 Å². The molecule has 2 N–H and O–H groups in total. The molecule has 2 aromatic carbocycles. The van der Waals surface area contributed by atoms with E-state index in [0.717, 1.165) is 5.56 Å². The van der Waals surface area contributed by atoms with E-state index in [4.69, 9.17) is 0 Å². The summed E-state index contributed by atoms with van der Waals surface area (Å²) < 4.78 is 0. The zero-order valence-corrected chi connectivity index (χ0v) is 12.0. The number of aromatic carboxylic acids is 1. The van der Waals surface area contributed by atoms with Gasteiger partial charge in [0, 0.05) is 10.9 Å². The Kier molecular flexibility index (Phi) is 2.87. The summed E-state index contributed by atoms with van der Waals surface area (Å²) in [6.45, 7) is 0. The van der Waals surface area contributed by atoms with Gasteiger partial charge in [0.05, 0.1) is 22.7 Å². The molecule has 112 valence electrons. The minimum absolute atomic E-state index is 0.0725. The molecule has 3 aromatic rings. The fraction of sp³-hybridized carbons (Fsp3) is 0.0556. The first-order valence-electron chi connectivity index (χ1n) is 7.18. The summed E-state index contributed by atoms with van der Waals surface area (Å²) in [5.74, 6) is -1.69. The number of hydrogen-bond donors (Lipinski definition) is 2. The summed E-state index contributed by atoms with van der Waals surface area (Å²) in [5, 5.41) is 16.9. The minimum atomic E-state index is -1.04. The lowest BCUT2D eigenvalue weighted by atomic mass is 9.85. The second-order valence-corrected chi connectivity index (χ2v) is 5.43. The largest absolute Gasteiger partial charge is 0.478 e. The summed E-state index contributed by atoms with van der Waals surface area (Å²) in [6, 6.07) is 12.3. The van der Waals surface area contributed by atoms with Gasteiger partial charge in [-0.2, -0.15) is 5.10 Å². The Morgan fingerprint density at radius 1 is 1.13 bits per heavy atom. The highest BCUT2D eigenvalue weighted by atomic mass is 16.4. The first-order chi connectivity index (χ1) is 11.2. The number of allylic oxidation sites excluding steroid dienone is 1.